The molecule has 0 unspecified atom stereocenters. The van der Waals surface area contributed by atoms with Crippen molar-refractivity contribution in [3.63, 3.8) is 0 Å². The number of rotatable bonds is 6. The second-order valence-corrected chi connectivity index (χ2v) is 7.74. The van der Waals surface area contributed by atoms with E-state index in [4.69, 9.17) is 4.42 Å². The average molecular weight is 484 g/mol. The number of hydrogen-bond donors (Lipinski definition) is 2. The largest absolute Gasteiger partial charge is 0.443 e. The van der Waals surface area contributed by atoms with Crippen LogP contribution in [-0.4, -0.2) is 24.0 Å². The van der Waals surface area contributed by atoms with Gasteiger partial charge in [-0.15, -0.1) is 24.0 Å². The van der Waals surface area contributed by atoms with Crippen LogP contribution in [0.2, 0.25) is 0 Å². The summed E-state index contributed by atoms with van der Waals surface area (Å²) in [4.78, 5) is 8.92. The minimum absolute atomic E-state index is 0. The van der Waals surface area contributed by atoms with Gasteiger partial charge in [-0.2, -0.15) is 0 Å². The van der Waals surface area contributed by atoms with Crippen molar-refractivity contribution < 1.29 is 4.42 Å². The minimum atomic E-state index is -0.0380. The molecule has 0 saturated heterocycles. The van der Waals surface area contributed by atoms with Crippen LogP contribution in [0, 0.1) is 13.8 Å². The summed E-state index contributed by atoms with van der Waals surface area (Å²) in [6.45, 7) is 14.7. The molecule has 2 rings (SSSR count). The van der Waals surface area contributed by atoms with Crippen LogP contribution in [0.4, 0.5) is 0 Å². The molecule has 0 spiro atoms. The number of aliphatic imine (C=N–C) groups is 1. The first-order valence-electron chi connectivity index (χ1n) is 9.32. The molecule has 0 aliphatic rings. The molecule has 27 heavy (non-hydrogen) atoms. The topological polar surface area (TPSA) is 62.5 Å². The Morgan fingerprint density at radius 2 is 1.78 bits per heavy atom. The van der Waals surface area contributed by atoms with E-state index in [1.807, 2.05) is 0 Å². The van der Waals surface area contributed by atoms with Crippen molar-refractivity contribution in [1.82, 2.24) is 15.6 Å². The quantitative estimate of drug-likeness (QED) is 0.360. The lowest BCUT2D eigenvalue weighted by Gasteiger charge is -2.13. The van der Waals surface area contributed by atoms with E-state index in [0.717, 1.165) is 31.2 Å². The van der Waals surface area contributed by atoms with Gasteiger partial charge in [-0.1, -0.05) is 50.1 Å². The third kappa shape index (κ3) is 7.91. The van der Waals surface area contributed by atoms with Gasteiger partial charge in [0.05, 0.1) is 6.20 Å². The summed E-state index contributed by atoms with van der Waals surface area (Å²) >= 11 is 0. The number of aryl methyl sites for hydroxylation is 2. The summed E-state index contributed by atoms with van der Waals surface area (Å²) in [5.41, 5.74) is 3.91. The molecular weight excluding hydrogens is 451 g/mol. The highest BCUT2D eigenvalue weighted by Gasteiger charge is 2.18. The lowest BCUT2D eigenvalue weighted by atomic mass is 9.94. The van der Waals surface area contributed by atoms with Crippen molar-refractivity contribution in [1.29, 1.82) is 0 Å². The standard InChI is InChI=1S/C21H32N4O.HI/c1-7-22-20(23-9-8-17-11-15(2)10-16(3)12-17)25-14-19-24-13-18(26-19)21(4,5)6;/h10-13H,7-9,14H2,1-6H3,(H2,22,23,25);1H. The first-order valence-corrected chi connectivity index (χ1v) is 9.32. The highest BCUT2D eigenvalue weighted by molar-refractivity contribution is 14.0. The van der Waals surface area contributed by atoms with E-state index < -0.39 is 0 Å². The highest BCUT2D eigenvalue weighted by atomic mass is 127. The fourth-order valence-electron chi connectivity index (χ4n) is 2.76. The second-order valence-electron chi connectivity index (χ2n) is 7.74. The molecule has 0 fully saturated rings. The number of hydrogen-bond acceptors (Lipinski definition) is 3. The van der Waals surface area contributed by atoms with Gasteiger partial charge in [-0.3, -0.25) is 0 Å². The summed E-state index contributed by atoms with van der Waals surface area (Å²) in [6, 6.07) is 6.67. The Labute approximate surface area is 180 Å². The first-order chi connectivity index (χ1) is 12.3. The Bertz CT molecular complexity index is 727. The molecule has 5 nitrogen and oxygen atoms in total. The zero-order valence-corrected chi connectivity index (χ0v) is 19.7. The van der Waals surface area contributed by atoms with Gasteiger partial charge >= 0.3 is 0 Å². The fraction of sp³-hybridized carbons (Fsp3) is 0.524. The lowest BCUT2D eigenvalue weighted by Crippen LogP contribution is -2.38. The van der Waals surface area contributed by atoms with E-state index in [1.54, 1.807) is 6.20 Å². The first kappa shape index (κ1) is 23.5. The van der Waals surface area contributed by atoms with Crippen molar-refractivity contribution in [2.75, 3.05) is 13.1 Å². The van der Waals surface area contributed by atoms with E-state index in [2.05, 4.69) is 80.4 Å². The smallest absolute Gasteiger partial charge is 0.216 e. The third-order valence-corrected chi connectivity index (χ3v) is 4.00. The van der Waals surface area contributed by atoms with Gasteiger partial charge in [0.15, 0.2) is 5.96 Å². The van der Waals surface area contributed by atoms with Crippen molar-refractivity contribution in [2.24, 2.45) is 4.99 Å². The molecule has 6 heteroatoms. The van der Waals surface area contributed by atoms with Crippen LogP contribution in [0.25, 0.3) is 0 Å². The van der Waals surface area contributed by atoms with E-state index in [1.165, 1.54) is 16.7 Å². The van der Waals surface area contributed by atoms with Gasteiger partial charge in [-0.05, 0) is 32.8 Å². The van der Waals surface area contributed by atoms with Gasteiger partial charge in [0, 0.05) is 18.5 Å². The number of aromatic nitrogens is 1. The molecule has 1 heterocycles. The number of benzene rings is 1. The summed E-state index contributed by atoms with van der Waals surface area (Å²) < 4.78 is 5.80. The van der Waals surface area contributed by atoms with Crippen LogP contribution in [0.1, 0.15) is 56.0 Å². The molecule has 0 atom stereocenters. The summed E-state index contributed by atoms with van der Waals surface area (Å²) in [5.74, 6) is 2.31. The van der Waals surface area contributed by atoms with E-state index in [9.17, 15) is 0 Å². The van der Waals surface area contributed by atoms with Gasteiger partial charge in [0.25, 0.3) is 0 Å². The predicted octanol–water partition coefficient (Wildman–Crippen LogP) is 4.50. The third-order valence-electron chi connectivity index (χ3n) is 4.00. The van der Waals surface area contributed by atoms with Crippen LogP contribution in [-0.2, 0) is 18.4 Å². The van der Waals surface area contributed by atoms with E-state index in [-0.39, 0.29) is 29.4 Å². The molecule has 0 amide bonds. The SMILES string of the molecule is CCNC(=NCc1ncc(C(C)(C)C)o1)NCCc1cc(C)cc(C)c1.I. The number of nitrogens with zero attached hydrogens (tertiary/aromatic N) is 2. The maximum atomic E-state index is 5.80. The molecule has 0 aliphatic heterocycles. The Balaban J connectivity index is 0.00000364. The molecule has 0 saturated carbocycles. The fourth-order valence-corrected chi connectivity index (χ4v) is 2.76. The minimum Gasteiger partial charge on any atom is -0.443 e. The van der Waals surface area contributed by atoms with E-state index >= 15 is 0 Å². The van der Waals surface area contributed by atoms with Crippen molar-refractivity contribution >= 4 is 29.9 Å². The second kappa shape index (κ2) is 10.7. The zero-order chi connectivity index (χ0) is 19.2. The van der Waals surface area contributed by atoms with Crippen LogP contribution in [0.3, 0.4) is 0 Å². The Hall–Kier alpha value is -1.57. The molecule has 2 aromatic rings. The number of nitrogens with one attached hydrogen (secondary N) is 2. The van der Waals surface area contributed by atoms with Crippen molar-refractivity contribution in [2.45, 2.75) is 59.9 Å². The highest BCUT2D eigenvalue weighted by Crippen LogP contribution is 2.22. The van der Waals surface area contributed by atoms with Crippen LogP contribution in [0.15, 0.2) is 33.8 Å². The average Bonchev–Trinajstić information content (AvgIpc) is 3.01. The van der Waals surface area contributed by atoms with Gasteiger partial charge in [0.1, 0.15) is 12.3 Å². The maximum Gasteiger partial charge on any atom is 0.216 e. The molecule has 0 bridgehead atoms. The molecule has 1 aromatic carbocycles. The van der Waals surface area contributed by atoms with Gasteiger partial charge < -0.3 is 15.1 Å². The summed E-state index contributed by atoms with van der Waals surface area (Å²) in [5, 5.41) is 6.65. The molecular formula is C21H33IN4O. The van der Waals surface area contributed by atoms with Gasteiger partial charge in [0.2, 0.25) is 5.89 Å². The van der Waals surface area contributed by atoms with Gasteiger partial charge in [-0.25, -0.2) is 9.98 Å². The van der Waals surface area contributed by atoms with Crippen LogP contribution >= 0.6 is 24.0 Å². The number of oxazole rings is 1. The number of guanidine groups is 1. The molecule has 1 aromatic heterocycles. The van der Waals surface area contributed by atoms with Crippen molar-refractivity contribution in [3.8, 4) is 0 Å². The summed E-state index contributed by atoms with van der Waals surface area (Å²) in [7, 11) is 0. The Kier molecular flexibility index (Phi) is 9.29. The monoisotopic (exact) mass is 484 g/mol. The maximum absolute atomic E-state index is 5.80. The van der Waals surface area contributed by atoms with Crippen LogP contribution in [0.5, 0.6) is 0 Å². The van der Waals surface area contributed by atoms with E-state index in [0.29, 0.717) is 12.4 Å². The molecule has 0 aliphatic carbocycles. The Morgan fingerprint density at radius 3 is 2.33 bits per heavy atom. The molecule has 150 valence electrons. The lowest BCUT2D eigenvalue weighted by molar-refractivity contribution is 0.383. The summed E-state index contributed by atoms with van der Waals surface area (Å²) in [6.07, 6.45) is 2.76. The zero-order valence-electron chi connectivity index (χ0n) is 17.3. The van der Waals surface area contributed by atoms with Crippen molar-refractivity contribution in [3.05, 3.63) is 52.7 Å². The Morgan fingerprint density at radius 1 is 1.11 bits per heavy atom. The number of halogens is 1. The predicted molar refractivity (Wildman–Crippen MR) is 123 cm³/mol. The molecule has 0 radical (unpaired) electrons. The normalized spacial score (nSPS) is 11.9. The van der Waals surface area contributed by atoms with Crippen LogP contribution < -0.4 is 10.6 Å². The molecule has 2 N–H and O–H groups in total.